The highest BCUT2D eigenvalue weighted by molar-refractivity contribution is 6.32. The molecule has 0 saturated carbocycles. The van der Waals surface area contributed by atoms with Crippen LogP contribution in [0.25, 0.3) is 0 Å². The zero-order valence-corrected chi connectivity index (χ0v) is 6.99. The van der Waals surface area contributed by atoms with Gasteiger partial charge in [-0.2, -0.15) is 0 Å². The van der Waals surface area contributed by atoms with E-state index in [4.69, 9.17) is 0 Å². The number of hydrogen-bond acceptors (Lipinski definition) is 0. The van der Waals surface area contributed by atoms with Crippen LogP contribution in [0.5, 0.6) is 0 Å². The van der Waals surface area contributed by atoms with Crippen molar-refractivity contribution < 1.29 is 8.78 Å². The first-order chi connectivity index (χ1) is 4.20. The van der Waals surface area contributed by atoms with Crippen LogP contribution in [-0.4, -0.2) is 10.2 Å². The Balaban J connectivity index is 3.17. The Kier molecular flexibility index (Phi) is 1.62. The van der Waals surface area contributed by atoms with Crippen LogP contribution in [0.4, 0.5) is 8.78 Å². The minimum Gasteiger partial charge on any atom is -0.204 e. The fraction of sp³-hybridized carbons (Fsp3) is 0. The third-order valence-corrected chi connectivity index (χ3v) is 1.70. The van der Waals surface area contributed by atoms with Crippen LogP contribution in [-0.2, 0) is 0 Å². The first kappa shape index (κ1) is 6.42. The van der Waals surface area contributed by atoms with E-state index >= 15 is 0 Å². The smallest absolute Gasteiger partial charge is 0.158 e. The van der Waals surface area contributed by atoms with Gasteiger partial charge in [0.25, 0.3) is 0 Å². The molecule has 0 aliphatic rings. The highest BCUT2D eigenvalue weighted by Crippen LogP contribution is 1.99. The van der Waals surface area contributed by atoms with E-state index in [0.29, 0.717) is 0 Å². The summed E-state index contributed by atoms with van der Waals surface area (Å²) < 4.78 is 24.4. The van der Waals surface area contributed by atoms with Crippen LogP contribution < -0.4 is 5.19 Å². The van der Waals surface area contributed by atoms with Gasteiger partial charge in [-0.15, -0.1) is 0 Å². The van der Waals surface area contributed by atoms with Crippen LogP contribution in [0, 0.1) is 11.6 Å². The molecule has 0 bridgehead atoms. The second-order valence-electron chi connectivity index (χ2n) is 1.92. The second-order valence-corrected chi connectivity index (χ2v) is 3.07. The van der Waals surface area contributed by atoms with Crippen LogP contribution in [0.15, 0.2) is 18.2 Å². The number of halogens is 2. The fourth-order valence-electron chi connectivity index (χ4n) is 0.601. The van der Waals surface area contributed by atoms with Gasteiger partial charge in [-0.1, -0.05) is 11.3 Å². The Morgan fingerprint density at radius 1 is 1.11 bits per heavy atom. The van der Waals surface area contributed by atoms with Crippen molar-refractivity contribution in [2.24, 2.45) is 0 Å². The predicted molar refractivity (Wildman–Crippen MR) is 35.9 cm³/mol. The van der Waals surface area contributed by atoms with Crippen molar-refractivity contribution in [1.82, 2.24) is 0 Å². The van der Waals surface area contributed by atoms with Gasteiger partial charge in [-0.3, -0.25) is 0 Å². The van der Waals surface area contributed by atoms with Gasteiger partial charge in [-0.25, -0.2) is 8.78 Å². The average Bonchev–Trinajstić information content (AvgIpc) is 1.80. The summed E-state index contributed by atoms with van der Waals surface area (Å²) in [7, 11) is 0.764. The quantitative estimate of drug-likeness (QED) is 0.448. The summed E-state index contributed by atoms with van der Waals surface area (Å²) in [5.41, 5.74) is 0. The minimum absolute atomic E-state index is 0.748. The van der Waals surface area contributed by atoms with Crippen molar-refractivity contribution in [1.29, 1.82) is 0 Å². The summed E-state index contributed by atoms with van der Waals surface area (Å²) in [6.07, 6.45) is 0. The summed E-state index contributed by atoms with van der Waals surface area (Å²) in [5.74, 6) is -1.52. The standard InChI is InChI=1S/C6H6F2Si/c7-5-2-1-4(9)3-6(5)8/h1-3H,9H3. The lowest BCUT2D eigenvalue weighted by Crippen LogP contribution is -2.02. The molecule has 0 amide bonds. The molecular formula is C6H6F2Si. The average molecular weight is 144 g/mol. The molecule has 0 aromatic heterocycles. The monoisotopic (exact) mass is 144 g/mol. The number of hydrogen-bond donors (Lipinski definition) is 0. The molecule has 48 valence electrons. The zero-order valence-electron chi connectivity index (χ0n) is 4.99. The molecule has 0 spiro atoms. The summed E-state index contributed by atoms with van der Waals surface area (Å²) >= 11 is 0. The normalized spacial score (nSPS) is 10.0. The maximum Gasteiger partial charge on any atom is 0.158 e. The van der Waals surface area contributed by atoms with E-state index in [2.05, 4.69) is 0 Å². The Morgan fingerprint density at radius 2 is 1.78 bits per heavy atom. The highest BCUT2D eigenvalue weighted by Gasteiger charge is 1.97. The van der Waals surface area contributed by atoms with Gasteiger partial charge in [0.1, 0.15) is 0 Å². The van der Waals surface area contributed by atoms with Crippen molar-refractivity contribution in [3.05, 3.63) is 29.8 Å². The Morgan fingerprint density at radius 3 is 2.22 bits per heavy atom. The van der Waals surface area contributed by atoms with Crippen LogP contribution in [0.3, 0.4) is 0 Å². The number of benzene rings is 1. The molecule has 1 aromatic rings. The van der Waals surface area contributed by atoms with Gasteiger partial charge < -0.3 is 0 Å². The second kappa shape index (κ2) is 2.27. The lowest BCUT2D eigenvalue weighted by Gasteiger charge is -1.91. The van der Waals surface area contributed by atoms with Gasteiger partial charge >= 0.3 is 0 Å². The maximum atomic E-state index is 12.2. The summed E-state index contributed by atoms with van der Waals surface area (Å²) in [6.45, 7) is 0. The number of rotatable bonds is 0. The minimum atomic E-state index is -0.769. The maximum absolute atomic E-state index is 12.2. The molecule has 0 heterocycles. The molecule has 0 unspecified atom stereocenters. The third-order valence-electron chi connectivity index (χ3n) is 1.08. The molecule has 3 heteroatoms. The Hall–Kier alpha value is -0.703. The van der Waals surface area contributed by atoms with Crippen molar-refractivity contribution in [3.63, 3.8) is 0 Å². The lowest BCUT2D eigenvalue weighted by atomic mass is 10.3. The van der Waals surface area contributed by atoms with Gasteiger partial charge in [0.15, 0.2) is 11.6 Å². The van der Waals surface area contributed by atoms with E-state index in [-0.39, 0.29) is 0 Å². The lowest BCUT2D eigenvalue weighted by molar-refractivity contribution is 0.509. The molecule has 1 rings (SSSR count). The third kappa shape index (κ3) is 1.35. The van der Waals surface area contributed by atoms with E-state index in [9.17, 15) is 8.78 Å². The van der Waals surface area contributed by atoms with Crippen molar-refractivity contribution in [3.8, 4) is 0 Å². The Bertz CT molecular complexity index is 222. The van der Waals surface area contributed by atoms with Crippen LogP contribution >= 0.6 is 0 Å². The van der Waals surface area contributed by atoms with E-state index < -0.39 is 11.6 Å². The largest absolute Gasteiger partial charge is 0.204 e. The van der Waals surface area contributed by atoms with Crippen LogP contribution in [0.2, 0.25) is 0 Å². The van der Waals surface area contributed by atoms with Crippen LogP contribution in [0.1, 0.15) is 0 Å². The predicted octanol–water partition coefficient (Wildman–Crippen LogP) is -0.0445. The first-order valence-electron chi connectivity index (χ1n) is 2.62. The summed E-state index contributed by atoms with van der Waals surface area (Å²) in [4.78, 5) is 0. The molecule has 0 aliphatic carbocycles. The molecule has 0 fully saturated rings. The zero-order chi connectivity index (χ0) is 6.85. The van der Waals surface area contributed by atoms with E-state index in [1.807, 2.05) is 0 Å². The highest BCUT2D eigenvalue weighted by atomic mass is 28.1. The molecule has 0 nitrogen and oxygen atoms in total. The van der Waals surface area contributed by atoms with E-state index in [1.54, 1.807) is 6.07 Å². The topological polar surface area (TPSA) is 0 Å². The van der Waals surface area contributed by atoms with Gasteiger partial charge in [0.2, 0.25) is 0 Å². The SMILES string of the molecule is Fc1ccc([SiH3])cc1F. The molecule has 0 aliphatic heterocycles. The fourth-order valence-corrected chi connectivity index (χ4v) is 1.02. The first-order valence-corrected chi connectivity index (χ1v) is 3.62. The van der Waals surface area contributed by atoms with Gasteiger partial charge in [0, 0.05) is 10.2 Å². The van der Waals surface area contributed by atoms with Gasteiger partial charge in [0.05, 0.1) is 0 Å². The van der Waals surface area contributed by atoms with E-state index in [0.717, 1.165) is 21.5 Å². The van der Waals surface area contributed by atoms with E-state index in [1.165, 1.54) is 6.07 Å². The summed E-state index contributed by atoms with van der Waals surface area (Å²) in [6, 6.07) is 3.96. The Labute approximate surface area is 54.9 Å². The molecule has 0 saturated heterocycles. The summed E-state index contributed by atoms with van der Waals surface area (Å²) in [5, 5.41) is 0.869. The molecule has 0 atom stereocenters. The van der Waals surface area contributed by atoms with Crippen molar-refractivity contribution >= 4 is 15.4 Å². The molecule has 1 aromatic carbocycles. The van der Waals surface area contributed by atoms with Crippen molar-refractivity contribution in [2.75, 3.05) is 0 Å². The molecule has 0 N–H and O–H groups in total. The molecule has 0 radical (unpaired) electrons. The van der Waals surface area contributed by atoms with Gasteiger partial charge in [-0.05, 0) is 12.1 Å². The van der Waals surface area contributed by atoms with Crippen molar-refractivity contribution in [2.45, 2.75) is 0 Å². The molecular weight excluding hydrogens is 138 g/mol. The molecule has 9 heavy (non-hydrogen) atoms.